The largest absolute Gasteiger partial charge is 0.396 e. The number of aryl methyl sites for hydroxylation is 2. The van der Waals surface area contributed by atoms with Crippen molar-refractivity contribution in [2.75, 3.05) is 25.5 Å². The summed E-state index contributed by atoms with van der Waals surface area (Å²) in [7, 11) is 2.01. The van der Waals surface area contributed by atoms with Crippen LogP contribution in [0.4, 0.5) is 5.13 Å². The van der Waals surface area contributed by atoms with Gasteiger partial charge in [0.1, 0.15) is 0 Å². The Hall–Kier alpha value is -0.980. The van der Waals surface area contributed by atoms with Gasteiger partial charge in [0.15, 0.2) is 5.13 Å². The molecule has 2 N–H and O–H groups in total. The van der Waals surface area contributed by atoms with Gasteiger partial charge in [0.2, 0.25) is 5.91 Å². The zero-order valence-corrected chi connectivity index (χ0v) is 14.6. The topological polar surface area (TPSA) is 65.5 Å². The van der Waals surface area contributed by atoms with Crippen molar-refractivity contribution in [2.24, 2.45) is 5.92 Å². The molecule has 5 nitrogen and oxygen atoms in total. The van der Waals surface area contributed by atoms with E-state index in [1.165, 1.54) is 4.88 Å². The fourth-order valence-electron chi connectivity index (χ4n) is 3.09. The number of hydrogen-bond acceptors (Lipinski definition) is 5. The Labute approximate surface area is 136 Å². The second-order valence-electron chi connectivity index (χ2n) is 6.20. The van der Waals surface area contributed by atoms with E-state index in [4.69, 9.17) is 0 Å². The molecule has 0 aromatic carbocycles. The number of carbonyl (C=O) groups excluding carboxylic acids is 1. The van der Waals surface area contributed by atoms with Crippen LogP contribution in [0.1, 0.15) is 43.2 Å². The van der Waals surface area contributed by atoms with Crippen molar-refractivity contribution in [1.82, 2.24) is 9.88 Å². The lowest BCUT2D eigenvalue weighted by atomic mass is 9.86. The van der Waals surface area contributed by atoms with Gasteiger partial charge in [-0.3, -0.25) is 9.69 Å². The molecule has 1 heterocycles. The van der Waals surface area contributed by atoms with E-state index in [0.717, 1.165) is 37.8 Å². The number of rotatable bonds is 6. The number of anilines is 1. The van der Waals surface area contributed by atoms with Crippen LogP contribution < -0.4 is 5.32 Å². The highest BCUT2D eigenvalue weighted by Crippen LogP contribution is 2.27. The monoisotopic (exact) mass is 325 g/mol. The lowest BCUT2D eigenvalue weighted by molar-refractivity contribution is -0.117. The van der Waals surface area contributed by atoms with Gasteiger partial charge in [-0.2, -0.15) is 0 Å². The molecule has 124 valence electrons. The zero-order valence-electron chi connectivity index (χ0n) is 13.8. The molecule has 22 heavy (non-hydrogen) atoms. The molecule has 1 aromatic rings. The van der Waals surface area contributed by atoms with E-state index >= 15 is 0 Å². The highest BCUT2D eigenvalue weighted by Gasteiger charge is 2.24. The van der Waals surface area contributed by atoms with Gasteiger partial charge in [0.05, 0.1) is 12.2 Å². The zero-order chi connectivity index (χ0) is 16.1. The van der Waals surface area contributed by atoms with Crippen molar-refractivity contribution in [1.29, 1.82) is 0 Å². The van der Waals surface area contributed by atoms with Crippen molar-refractivity contribution in [2.45, 2.75) is 52.0 Å². The molecule has 1 aliphatic carbocycles. The molecular formula is C16H27N3O2S. The molecule has 1 amide bonds. The van der Waals surface area contributed by atoms with Crippen LogP contribution in [0.15, 0.2) is 0 Å². The molecule has 0 spiro atoms. The lowest BCUT2D eigenvalue weighted by Gasteiger charge is -2.33. The third kappa shape index (κ3) is 4.51. The minimum atomic E-state index is 0.00295. The maximum absolute atomic E-state index is 12.2. The summed E-state index contributed by atoms with van der Waals surface area (Å²) >= 11 is 1.54. The summed E-state index contributed by atoms with van der Waals surface area (Å²) in [5, 5.41) is 12.8. The second-order valence-corrected chi connectivity index (χ2v) is 7.40. The van der Waals surface area contributed by atoms with Gasteiger partial charge in [0.25, 0.3) is 0 Å². The Morgan fingerprint density at radius 3 is 2.64 bits per heavy atom. The van der Waals surface area contributed by atoms with E-state index in [1.54, 1.807) is 11.3 Å². The van der Waals surface area contributed by atoms with E-state index in [-0.39, 0.29) is 5.91 Å². The molecule has 0 saturated heterocycles. The van der Waals surface area contributed by atoms with Gasteiger partial charge in [-0.1, -0.05) is 6.92 Å². The number of thiazole rings is 1. The summed E-state index contributed by atoms with van der Waals surface area (Å²) in [6.45, 7) is 4.80. The molecule has 2 rings (SSSR count). The first-order valence-corrected chi connectivity index (χ1v) is 8.92. The van der Waals surface area contributed by atoms with E-state index in [0.29, 0.717) is 30.2 Å². The molecule has 0 bridgehead atoms. The minimum absolute atomic E-state index is 0.00295. The maximum atomic E-state index is 12.2. The Morgan fingerprint density at radius 1 is 1.41 bits per heavy atom. The van der Waals surface area contributed by atoms with Crippen molar-refractivity contribution < 1.29 is 9.90 Å². The minimum Gasteiger partial charge on any atom is -0.396 e. The Kier molecular flexibility index (Phi) is 6.35. The summed E-state index contributed by atoms with van der Waals surface area (Å²) in [6, 6.07) is 0.442. The van der Waals surface area contributed by atoms with Crippen molar-refractivity contribution in [3.05, 3.63) is 10.6 Å². The first-order valence-electron chi connectivity index (χ1n) is 8.10. The van der Waals surface area contributed by atoms with Crippen LogP contribution in [0.3, 0.4) is 0 Å². The molecule has 1 aliphatic rings. The number of carbonyl (C=O) groups is 1. The molecule has 1 saturated carbocycles. The van der Waals surface area contributed by atoms with Gasteiger partial charge in [-0.05, 0) is 52.0 Å². The van der Waals surface area contributed by atoms with Crippen LogP contribution in [0.2, 0.25) is 0 Å². The van der Waals surface area contributed by atoms with Crippen LogP contribution in [0.5, 0.6) is 0 Å². The van der Waals surface area contributed by atoms with Crippen molar-refractivity contribution in [3.8, 4) is 0 Å². The number of aliphatic hydroxyl groups excluding tert-OH is 1. The molecule has 0 unspecified atom stereocenters. The third-order valence-electron chi connectivity index (χ3n) is 4.56. The van der Waals surface area contributed by atoms with Gasteiger partial charge < -0.3 is 10.4 Å². The van der Waals surface area contributed by atoms with Crippen LogP contribution in [0, 0.1) is 12.8 Å². The molecular weight excluding hydrogens is 298 g/mol. The van der Waals surface area contributed by atoms with Gasteiger partial charge in [-0.15, -0.1) is 11.3 Å². The van der Waals surface area contributed by atoms with Gasteiger partial charge in [-0.25, -0.2) is 4.98 Å². The quantitative estimate of drug-likeness (QED) is 0.843. The Morgan fingerprint density at radius 2 is 2.09 bits per heavy atom. The molecule has 1 aromatic heterocycles. The van der Waals surface area contributed by atoms with E-state index in [9.17, 15) is 9.90 Å². The van der Waals surface area contributed by atoms with Gasteiger partial charge in [0, 0.05) is 17.5 Å². The fourth-order valence-corrected chi connectivity index (χ4v) is 4.01. The summed E-state index contributed by atoms with van der Waals surface area (Å²) < 4.78 is 0. The van der Waals surface area contributed by atoms with Crippen LogP contribution in [-0.2, 0) is 11.2 Å². The van der Waals surface area contributed by atoms with Crippen LogP contribution in [-0.4, -0.2) is 47.1 Å². The first kappa shape index (κ1) is 17.4. The number of nitrogens with zero attached hydrogens (tertiary/aromatic N) is 2. The second kappa shape index (κ2) is 8.04. The summed E-state index contributed by atoms with van der Waals surface area (Å²) in [4.78, 5) is 19.9. The Balaban J connectivity index is 1.81. The molecule has 6 heteroatoms. The smallest absolute Gasteiger partial charge is 0.240 e. The van der Waals surface area contributed by atoms with Crippen LogP contribution >= 0.6 is 11.3 Å². The third-order valence-corrected chi connectivity index (χ3v) is 5.49. The van der Waals surface area contributed by atoms with E-state index < -0.39 is 0 Å². The average Bonchev–Trinajstić information content (AvgIpc) is 2.86. The number of likely N-dealkylation sites (N-methyl/N-ethyl adjacent to an activating group) is 1. The van der Waals surface area contributed by atoms with E-state index in [1.807, 2.05) is 14.0 Å². The molecule has 0 aliphatic heterocycles. The van der Waals surface area contributed by atoms with E-state index in [2.05, 4.69) is 22.1 Å². The van der Waals surface area contributed by atoms with Crippen molar-refractivity contribution in [3.63, 3.8) is 0 Å². The predicted molar refractivity (Wildman–Crippen MR) is 90.3 cm³/mol. The SMILES string of the molecule is CCc1nc(NC(=O)CN(C)C2CCC(CO)CC2)sc1C. The number of nitrogens with one attached hydrogen (secondary N) is 1. The number of aromatic nitrogens is 1. The number of hydrogen-bond donors (Lipinski definition) is 2. The summed E-state index contributed by atoms with van der Waals surface area (Å²) in [5.41, 5.74) is 1.07. The van der Waals surface area contributed by atoms with Gasteiger partial charge >= 0.3 is 0 Å². The predicted octanol–water partition coefficient (Wildman–Crippen LogP) is 2.44. The summed E-state index contributed by atoms with van der Waals surface area (Å²) in [6.07, 6.45) is 5.13. The van der Waals surface area contributed by atoms with Crippen LogP contribution in [0.25, 0.3) is 0 Å². The fraction of sp³-hybridized carbons (Fsp3) is 0.750. The molecule has 1 fully saturated rings. The average molecular weight is 325 g/mol. The number of amides is 1. The highest BCUT2D eigenvalue weighted by molar-refractivity contribution is 7.15. The number of aliphatic hydroxyl groups is 1. The first-order chi connectivity index (χ1) is 10.5. The highest BCUT2D eigenvalue weighted by atomic mass is 32.1. The maximum Gasteiger partial charge on any atom is 0.240 e. The standard InChI is InChI=1S/C16H27N3O2S/c1-4-14-11(2)22-16(17-14)18-15(21)9-19(3)13-7-5-12(10-20)6-8-13/h12-13,20H,4-10H2,1-3H3,(H,17,18,21). The lowest BCUT2D eigenvalue weighted by Crippen LogP contribution is -2.40. The van der Waals surface area contributed by atoms with Crippen molar-refractivity contribution >= 4 is 22.4 Å². The Bertz CT molecular complexity index is 496. The molecule has 0 atom stereocenters. The summed E-state index contributed by atoms with van der Waals surface area (Å²) in [5.74, 6) is 0.451. The normalized spacial score (nSPS) is 22.0. The molecule has 0 radical (unpaired) electrons.